The SMILES string of the molecule is CO[Si](c1ccccc1)(c1ccccc1)c1ccccc1CCCCC1C=CC=C1. The molecule has 0 aromatic heterocycles. The van der Waals surface area contributed by atoms with Crippen molar-refractivity contribution in [3.8, 4) is 0 Å². The zero-order valence-corrected chi connectivity index (χ0v) is 18.7. The van der Waals surface area contributed by atoms with Crippen molar-refractivity contribution >= 4 is 23.9 Å². The van der Waals surface area contributed by atoms with Crippen LogP contribution in [0, 0.1) is 5.92 Å². The van der Waals surface area contributed by atoms with E-state index in [1.807, 2.05) is 7.11 Å². The Balaban J connectivity index is 1.67. The molecule has 0 N–H and O–H groups in total. The molecule has 4 rings (SSSR count). The van der Waals surface area contributed by atoms with Gasteiger partial charge in [-0.2, -0.15) is 0 Å². The Morgan fingerprint density at radius 3 is 1.87 bits per heavy atom. The number of rotatable bonds is 9. The van der Waals surface area contributed by atoms with Crippen LogP contribution in [0.3, 0.4) is 0 Å². The van der Waals surface area contributed by atoms with E-state index >= 15 is 0 Å². The van der Waals surface area contributed by atoms with Gasteiger partial charge in [0, 0.05) is 7.11 Å². The summed E-state index contributed by atoms with van der Waals surface area (Å²) in [6, 6.07) is 30.6. The molecule has 1 aliphatic carbocycles. The minimum Gasteiger partial charge on any atom is -0.408 e. The highest BCUT2D eigenvalue weighted by molar-refractivity contribution is 7.07. The van der Waals surface area contributed by atoms with Crippen LogP contribution in [0.4, 0.5) is 0 Å². The molecule has 0 saturated heterocycles. The molecule has 0 saturated carbocycles. The number of unbranched alkanes of at least 4 members (excludes halogenated alkanes) is 1. The highest BCUT2D eigenvalue weighted by Crippen LogP contribution is 2.18. The lowest BCUT2D eigenvalue weighted by atomic mass is 10.0. The molecule has 30 heavy (non-hydrogen) atoms. The summed E-state index contributed by atoms with van der Waals surface area (Å²) in [5, 5.41) is 3.98. The van der Waals surface area contributed by atoms with Crippen LogP contribution in [0.15, 0.2) is 109 Å². The molecule has 3 aromatic rings. The van der Waals surface area contributed by atoms with Crippen molar-refractivity contribution in [2.24, 2.45) is 5.92 Å². The highest BCUT2D eigenvalue weighted by atomic mass is 28.4. The number of hydrogen-bond donors (Lipinski definition) is 0. The summed E-state index contributed by atoms with van der Waals surface area (Å²) in [5.74, 6) is 0.626. The molecule has 0 aliphatic heterocycles. The Morgan fingerprint density at radius 1 is 0.700 bits per heavy atom. The van der Waals surface area contributed by atoms with Crippen molar-refractivity contribution in [1.29, 1.82) is 0 Å². The van der Waals surface area contributed by atoms with Gasteiger partial charge >= 0.3 is 0 Å². The van der Waals surface area contributed by atoms with Crippen molar-refractivity contribution in [2.45, 2.75) is 25.7 Å². The van der Waals surface area contributed by atoms with Crippen LogP contribution in [-0.4, -0.2) is 15.4 Å². The number of hydrogen-bond acceptors (Lipinski definition) is 1. The average Bonchev–Trinajstić information content (AvgIpc) is 3.34. The van der Waals surface area contributed by atoms with Crippen LogP contribution >= 0.6 is 0 Å². The maximum Gasteiger partial charge on any atom is 0.288 e. The average molecular weight is 411 g/mol. The lowest BCUT2D eigenvalue weighted by Gasteiger charge is -2.33. The van der Waals surface area contributed by atoms with Crippen molar-refractivity contribution in [3.63, 3.8) is 0 Å². The third kappa shape index (κ3) is 4.25. The maximum atomic E-state index is 6.54. The van der Waals surface area contributed by atoms with E-state index in [4.69, 9.17) is 4.43 Å². The predicted molar refractivity (Wildman–Crippen MR) is 130 cm³/mol. The topological polar surface area (TPSA) is 9.23 Å². The summed E-state index contributed by atoms with van der Waals surface area (Å²) >= 11 is 0. The first-order chi connectivity index (χ1) is 14.8. The summed E-state index contributed by atoms with van der Waals surface area (Å²) in [7, 11) is -0.660. The Hall–Kier alpha value is -2.68. The molecule has 1 aliphatic rings. The number of benzene rings is 3. The minimum atomic E-state index is -2.55. The molecule has 0 fully saturated rings. The summed E-state index contributed by atoms with van der Waals surface area (Å²) in [5.41, 5.74) is 1.43. The van der Waals surface area contributed by atoms with E-state index in [-0.39, 0.29) is 0 Å². The monoisotopic (exact) mass is 410 g/mol. The first-order valence-corrected chi connectivity index (χ1v) is 12.8. The van der Waals surface area contributed by atoms with Crippen molar-refractivity contribution in [1.82, 2.24) is 0 Å². The van der Waals surface area contributed by atoms with Gasteiger partial charge in [-0.15, -0.1) is 0 Å². The van der Waals surface area contributed by atoms with Gasteiger partial charge < -0.3 is 4.43 Å². The second-order valence-electron chi connectivity index (χ2n) is 7.95. The summed E-state index contributed by atoms with van der Waals surface area (Å²) in [4.78, 5) is 0. The maximum absolute atomic E-state index is 6.54. The molecule has 3 aromatic carbocycles. The Kier molecular flexibility index (Phi) is 6.78. The highest BCUT2D eigenvalue weighted by Gasteiger charge is 2.42. The summed E-state index contributed by atoms with van der Waals surface area (Å²) < 4.78 is 6.54. The molecule has 0 atom stereocenters. The van der Waals surface area contributed by atoms with Crippen LogP contribution in [-0.2, 0) is 10.8 Å². The lowest BCUT2D eigenvalue weighted by Crippen LogP contribution is -2.69. The summed E-state index contributed by atoms with van der Waals surface area (Å²) in [6.45, 7) is 0. The van der Waals surface area contributed by atoms with E-state index in [9.17, 15) is 0 Å². The lowest BCUT2D eigenvalue weighted by molar-refractivity contribution is 0.426. The third-order valence-corrected chi connectivity index (χ3v) is 10.3. The van der Waals surface area contributed by atoms with Crippen LogP contribution in [0.1, 0.15) is 24.8 Å². The van der Waals surface area contributed by atoms with Gasteiger partial charge in [-0.05, 0) is 46.3 Å². The van der Waals surface area contributed by atoms with Crippen LogP contribution in [0.25, 0.3) is 0 Å². The van der Waals surface area contributed by atoms with E-state index in [0.717, 1.165) is 6.42 Å². The van der Waals surface area contributed by atoms with Crippen molar-refractivity contribution < 1.29 is 4.43 Å². The molecular formula is C28H30OSi. The fourth-order valence-electron chi connectivity index (χ4n) is 4.62. The largest absolute Gasteiger partial charge is 0.408 e. The standard InChI is InChI=1S/C28H30OSi/c1-29-30(26-19-4-2-5-20-26,27-21-6-3-7-22-27)28-23-13-12-18-25(28)17-11-10-16-24-14-8-9-15-24/h2-9,12-15,18-24H,10-11,16-17H2,1H3. The zero-order valence-electron chi connectivity index (χ0n) is 17.7. The first-order valence-electron chi connectivity index (χ1n) is 10.9. The fourth-order valence-corrected chi connectivity index (χ4v) is 8.58. The first kappa shape index (κ1) is 20.6. The fraction of sp³-hybridized carbons (Fsp3) is 0.214. The van der Waals surface area contributed by atoms with Crippen molar-refractivity contribution in [3.05, 3.63) is 115 Å². The van der Waals surface area contributed by atoms with Crippen LogP contribution in [0.5, 0.6) is 0 Å². The minimum absolute atomic E-state index is 0.626. The molecular weight excluding hydrogens is 380 g/mol. The predicted octanol–water partition coefficient (Wildman–Crippen LogP) is 4.75. The molecule has 0 amide bonds. The molecule has 152 valence electrons. The third-order valence-electron chi connectivity index (χ3n) is 6.12. The Bertz CT molecular complexity index is 940. The second-order valence-corrected chi connectivity index (χ2v) is 11.4. The van der Waals surface area contributed by atoms with Crippen molar-refractivity contribution in [2.75, 3.05) is 7.11 Å². The van der Waals surface area contributed by atoms with Gasteiger partial charge in [0.05, 0.1) is 0 Å². The molecule has 0 heterocycles. The quantitative estimate of drug-likeness (QED) is 0.281. The number of aryl methyl sites for hydroxylation is 1. The van der Waals surface area contributed by atoms with Gasteiger partial charge in [0.25, 0.3) is 8.32 Å². The van der Waals surface area contributed by atoms with E-state index < -0.39 is 8.32 Å². The normalized spacial score (nSPS) is 13.8. The Labute approximate surface area is 181 Å². The molecule has 0 bridgehead atoms. The second kappa shape index (κ2) is 9.88. The van der Waals surface area contributed by atoms with Gasteiger partial charge in [-0.3, -0.25) is 0 Å². The molecule has 2 heteroatoms. The van der Waals surface area contributed by atoms with Gasteiger partial charge in [0.2, 0.25) is 0 Å². The molecule has 0 unspecified atom stereocenters. The summed E-state index contributed by atoms with van der Waals surface area (Å²) in [6.07, 6.45) is 13.7. The van der Waals surface area contributed by atoms with E-state index in [1.165, 1.54) is 40.4 Å². The van der Waals surface area contributed by atoms with Gasteiger partial charge in [-0.25, -0.2) is 0 Å². The number of allylic oxidation sites excluding steroid dienone is 4. The smallest absolute Gasteiger partial charge is 0.288 e. The Morgan fingerprint density at radius 2 is 1.27 bits per heavy atom. The van der Waals surface area contributed by atoms with E-state index in [1.54, 1.807) is 0 Å². The van der Waals surface area contributed by atoms with Gasteiger partial charge in [-0.1, -0.05) is 116 Å². The van der Waals surface area contributed by atoms with E-state index in [0.29, 0.717) is 5.92 Å². The zero-order chi connectivity index (χ0) is 20.7. The van der Waals surface area contributed by atoms with Crippen LogP contribution < -0.4 is 15.6 Å². The van der Waals surface area contributed by atoms with E-state index in [2.05, 4.69) is 109 Å². The van der Waals surface area contributed by atoms with Crippen LogP contribution in [0.2, 0.25) is 0 Å². The molecule has 1 nitrogen and oxygen atoms in total. The van der Waals surface area contributed by atoms with Gasteiger partial charge in [0.15, 0.2) is 0 Å². The molecule has 0 spiro atoms. The molecule has 0 radical (unpaired) electrons. The van der Waals surface area contributed by atoms with Gasteiger partial charge in [0.1, 0.15) is 0 Å².